The van der Waals surface area contributed by atoms with Crippen LogP contribution in [0.4, 0.5) is 17.2 Å². The minimum atomic E-state index is 0.501. The Bertz CT molecular complexity index is 544. The average molecular weight is 245 g/mol. The van der Waals surface area contributed by atoms with Crippen LogP contribution in [0.2, 0.25) is 0 Å². The number of anilines is 3. The summed E-state index contributed by atoms with van der Waals surface area (Å²) in [6.07, 6.45) is 0. The van der Waals surface area contributed by atoms with E-state index in [2.05, 4.69) is 10.3 Å². The maximum absolute atomic E-state index is 5.86. The molecule has 0 aliphatic carbocycles. The fourth-order valence-electron chi connectivity index (χ4n) is 1.54. The van der Waals surface area contributed by atoms with E-state index in [-0.39, 0.29) is 0 Å². The molecule has 1 heterocycles. The van der Waals surface area contributed by atoms with Crippen LogP contribution in [0.5, 0.6) is 11.6 Å². The number of methoxy groups -OCH3 is 2. The van der Waals surface area contributed by atoms with Gasteiger partial charge in [0, 0.05) is 6.07 Å². The number of hydrogen-bond acceptors (Lipinski definition) is 5. The lowest BCUT2D eigenvalue weighted by molar-refractivity contribution is 0.398. The summed E-state index contributed by atoms with van der Waals surface area (Å²) < 4.78 is 10.3. The summed E-state index contributed by atoms with van der Waals surface area (Å²) in [5.74, 6) is 1.77. The van der Waals surface area contributed by atoms with Crippen molar-refractivity contribution in [1.29, 1.82) is 0 Å². The minimum Gasteiger partial charge on any atom is -0.495 e. The zero-order valence-electron chi connectivity index (χ0n) is 10.3. The molecule has 0 bridgehead atoms. The van der Waals surface area contributed by atoms with Crippen molar-refractivity contribution >= 4 is 17.2 Å². The number of para-hydroxylation sites is 2. The number of rotatable bonds is 4. The van der Waals surface area contributed by atoms with Gasteiger partial charge in [0.1, 0.15) is 5.75 Å². The topological polar surface area (TPSA) is 69.4 Å². The monoisotopic (exact) mass is 245 g/mol. The number of nitrogens with two attached hydrogens (primary N) is 1. The van der Waals surface area contributed by atoms with Crippen molar-refractivity contribution in [3.05, 3.63) is 36.4 Å². The summed E-state index contributed by atoms with van der Waals surface area (Å²) in [5, 5.41) is 3.13. The van der Waals surface area contributed by atoms with Gasteiger partial charge in [-0.3, -0.25) is 0 Å². The van der Waals surface area contributed by atoms with Gasteiger partial charge in [-0.25, -0.2) is 0 Å². The Morgan fingerprint density at radius 2 is 1.83 bits per heavy atom. The number of nitrogens with zero attached hydrogens (tertiary/aromatic N) is 1. The molecule has 0 atom stereocenters. The van der Waals surface area contributed by atoms with Gasteiger partial charge in [-0.05, 0) is 18.2 Å². The lowest BCUT2D eigenvalue weighted by Gasteiger charge is -2.12. The van der Waals surface area contributed by atoms with Gasteiger partial charge in [-0.15, -0.1) is 0 Å². The predicted molar refractivity (Wildman–Crippen MR) is 71.5 cm³/mol. The van der Waals surface area contributed by atoms with Gasteiger partial charge in [0.15, 0.2) is 5.82 Å². The van der Waals surface area contributed by atoms with E-state index in [1.54, 1.807) is 26.4 Å². The third-order valence-electron chi connectivity index (χ3n) is 2.47. The third-order valence-corrected chi connectivity index (χ3v) is 2.47. The molecule has 2 rings (SSSR count). The van der Waals surface area contributed by atoms with Crippen molar-refractivity contribution in [2.75, 3.05) is 25.3 Å². The fourth-order valence-corrected chi connectivity index (χ4v) is 1.54. The Balaban J connectivity index is 2.33. The zero-order valence-corrected chi connectivity index (χ0v) is 10.3. The Morgan fingerprint density at radius 3 is 2.56 bits per heavy atom. The van der Waals surface area contributed by atoms with Crippen LogP contribution in [0.3, 0.4) is 0 Å². The molecule has 2 aromatic rings. The zero-order chi connectivity index (χ0) is 13.0. The van der Waals surface area contributed by atoms with Crippen molar-refractivity contribution < 1.29 is 9.47 Å². The summed E-state index contributed by atoms with van der Waals surface area (Å²) in [6.45, 7) is 0. The Morgan fingerprint density at radius 1 is 1.06 bits per heavy atom. The van der Waals surface area contributed by atoms with Crippen LogP contribution in [-0.2, 0) is 0 Å². The Labute approximate surface area is 106 Å². The lowest BCUT2D eigenvalue weighted by Crippen LogP contribution is -2.01. The van der Waals surface area contributed by atoms with Gasteiger partial charge >= 0.3 is 0 Å². The van der Waals surface area contributed by atoms with Gasteiger partial charge in [-0.2, -0.15) is 4.98 Å². The van der Waals surface area contributed by atoms with Gasteiger partial charge < -0.3 is 20.5 Å². The maximum atomic E-state index is 5.86. The first-order chi connectivity index (χ1) is 8.74. The van der Waals surface area contributed by atoms with Crippen molar-refractivity contribution in [3.8, 4) is 11.6 Å². The van der Waals surface area contributed by atoms with Crippen LogP contribution in [0, 0.1) is 0 Å². The summed E-state index contributed by atoms with van der Waals surface area (Å²) in [6, 6.07) is 11.0. The van der Waals surface area contributed by atoms with E-state index < -0.39 is 0 Å². The van der Waals surface area contributed by atoms with Gasteiger partial charge in [0.2, 0.25) is 5.88 Å². The molecule has 1 aromatic heterocycles. The summed E-state index contributed by atoms with van der Waals surface area (Å²) in [7, 11) is 3.17. The number of hydrogen-bond donors (Lipinski definition) is 2. The number of benzene rings is 1. The highest BCUT2D eigenvalue weighted by Gasteiger charge is 2.07. The van der Waals surface area contributed by atoms with Crippen LogP contribution in [0.15, 0.2) is 36.4 Å². The fraction of sp³-hybridized carbons (Fsp3) is 0.154. The van der Waals surface area contributed by atoms with E-state index in [9.17, 15) is 0 Å². The maximum Gasteiger partial charge on any atom is 0.215 e. The van der Waals surface area contributed by atoms with Crippen LogP contribution in [0.1, 0.15) is 0 Å². The normalized spacial score (nSPS) is 9.89. The van der Waals surface area contributed by atoms with Crippen molar-refractivity contribution in [1.82, 2.24) is 4.98 Å². The predicted octanol–water partition coefficient (Wildman–Crippen LogP) is 2.42. The summed E-state index contributed by atoms with van der Waals surface area (Å²) in [4.78, 5) is 4.25. The second-order valence-electron chi connectivity index (χ2n) is 3.62. The third kappa shape index (κ3) is 2.45. The van der Waals surface area contributed by atoms with Gasteiger partial charge in [0.05, 0.1) is 25.6 Å². The first-order valence-electron chi connectivity index (χ1n) is 5.45. The Hall–Kier alpha value is -2.43. The number of nitrogen functional groups attached to an aromatic ring is 1. The van der Waals surface area contributed by atoms with Gasteiger partial charge in [-0.1, -0.05) is 12.1 Å². The van der Waals surface area contributed by atoms with E-state index in [0.717, 1.165) is 11.4 Å². The highest BCUT2D eigenvalue weighted by molar-refractivity contribution is 5.72. The first-order valence-corrected chi connectivity index (χ1v) is 5.45. The number of nitrogens with one attached hydrogen (secondary N) is 1. The quantitative estimate of drug-likeness (QED) is 0.865. The van der Waals surface area contributed by atoms with Gasteiger partial charge in [0.25, 0.3) is 0 Å². The molecule has 0 aliphatic rings. The molecule has 0 radical (unpaired) electrons. The number of ether oxygens (including phenoxy) is 2. The van der Waals surface area contributed by atoms with Crippen LogP contribution in [-0.4, -0.2) is 19.2 Å². The van der Waals surface area contributed by atoms with E-state index in [0.29, 0.717) is 17.4 Å². The van der Waals surface area contributed by atoms with Crippen LogP contribution in [0.25, 0.3) is 0 Å². The molecule has 94 valence electrons. The SMILES string of the molecule is COc1ccc(N)c(Nc2ccccc2OC)n1. The van der Waals surface area contributed by atoms with E-state index in [1.807, 2.05) is 24.3 Å². The van der Waals surface area contributed by atoms with Crippen molar-refractivity contribution in [2.45, 2.75) is 0 Å². The molecule has 5 nitrogen and oxygen atoms in total. The second kappa shape index (κ2) is 5.27. The van der Waals surface area contributed by atoms with Crippen LogP contribution < -0.4 is 20.5 Å². The molecule has 0 aliphatic heterocycles. The molecule has 0 spiro atoms. The molecular formula is C13H15N3O2. The van der Waals surface area contributed by atoms with E-state index in [4.69, 9.17) is 15.2 Å². The molecule has 0 saturated carbocycles. The molecule has 0 saturated heterocycles. The van der Waals surface area contributed by atoms with E-state index in [1.165, 1.54) is 0 Å². The highest BCUT2D eigenvalue weighted by atomic mass is 16.5. The smallest absolute Gasteiger partial charge is 0.215 e. The summed E-state index contributed by atoms with van der Waals surface area (Å²) in [5.41, 5.74) is 7.20. The Kier molecular flexibility index (Phi) is 3.52. The molecule has 18 heavy (non-hydrogen) atoms. The standard InChI is InChI=1S/C13H15N3O2/c1-17-11-6-4-3-5-10(11)15-13-9(14)7-8-12(16-13)18-2/h3-8H,14H2,1-2H3,(H,15,16). The van der Waals surface area contributed by atoms with Crippen molar-refractivity contribution in [2.24, 2.45) is 0 Å². The molecule has 0 unspecified atom stereocenters. The molecular weight excluding hydrogens is 230 g/mol. The molecule has 1 aromatic carbocycles. The average Bonchev–Trinajstić information content (AvgIpc) is 2.42. The molecule has 0 amide bonds. The van der Waals surface area contributed by atoms with Crippen LogP contribution >= 0.6 is 0 Å². The lowest BCUT2D eigenvalue weighted by atomic mass is 10.3. The minimum absolute atomic E-state index is 0.501. The highest BCUT2D eigenvalue weighted by Crippen LogP contribution is 2.29. The van der Waals surface area contributed by atoms with Crippen molar-refractivity contribution in [3.63, 3.8) is 0 Å². The molecule has 3 N–H and O–H groups in total. The molecule has 5 heteroatoms. The molecule has 0 fully saturated rings. The number of aromatic nitrogens is 1. The van der Waals surface area contributed by atoms with E-state index >= 15 is 0 Å². The summed E-state index contributed by atoms with van der Waals surface area (Å²) >= 11 is 0. The number of pyridine rings is 1. The second-order valence-corrected chi connectivity index (χ2v) is 3.62. The first kappa shape index (κ1) is 12.0. The largest absolute Gasteiger partial charge is 0.495 e.